The largest absolute Gasteiger partial charge is 0.354 e. The van der Waals surface area contributed by atoms with Gasteiger partial charge in [-0.1, -0.05) is 103 Å². The van der Waals surface area contributed by atoms with Crippen LogP contribution in [0.2, 0.25) is 0 Å². The summed E-state index contributed by atoms with van der Waals surface area (Å²) in [5.74, 6) is 0. The van der Waals surface area contributed by atoms with Crippen LogP contribution in [-0.2, 0) is 0 Å². The summed E-state index contributed by atoms with van der Waals surface area (Å²) in [7, 11) is 0. The van der Waals surface area contributed by atoms with E-state index in [1.54, 1.807) is 0 Å². The van der Waals surface area contributed by atoms with E-state index in [-0.39, 0.29) is 0 Å². The highest BCUT2D eigenvalue weighted by molar-refractivity contribution is 6.38. The van der Waals surface area contributed by atoms with E-state index >= 15 is 0 Å². The average Bonchev–Trinajstić information content (AvgIpc) is 3.50. The number of H-pyrrole nitrogens is 1. The lowest BCUT2D eigenvalue weighted by Gasteiger charge is -2.11. The maximum absolute atomic E-state index is 3.82. The Hall–Kier alpha value is -4.82. The summed E-state index contributed by atoms with van der Waals surface area (Å²) in [6.45, 7) is 2.06. The zero-order chi connectivity index (χ0) is 24.5. The van der Waals surface area contributed by atoms with Crippen LogP contribution >= 0.6 is 0 Å². The SMILES string of the molecule is C/C=C/c1ccc2c(c1)[nH]c1c3ccccc3c3c(c4ccc5ccccc5c4n3-c3ccccc3)c21. The third-order valence-electron chi connectivity index (χ3n) is 7.75. The highest BCUT2D eigenvalue weighted by Gasteiger charge is 2.22. The van der Waals surface area contributed by atoms with Crippen molar-refractivity contribution in [3.63, 3.8) is 0 Å². The standard InChI is InChI=1S/C35H24N2/c1-2-10-22-17-19-28-30(21-22)36-33-26-15-8-9-16-27(26)35-32(31(28)33)29-20-18-23-11-6-7-14-25(23)34(29)37(35)24-12-4-3-5-13-24/h2-21,36H,1H3/b10-2+. The molecule has 2 nitrogen and oxygen atoms in total. The minimum atomic E-state index is 1.17. The molecular weight excluding hydrogens is 448 g/mol. The Kier molecular flexibility index (Phi) is 4.18. The van der Waals surface area contributed by atoms with Crippen LogP contribution in [0.5, 0.6) is 0 Å². The van der Waals surface area contributed by atoms with Gasteiger partial charge in [0.1, 0.15) is 0 Å². The van der Waals surface area contributed by atoms with Crippen molar-refractivity contribution in [2.24, 2.45) is 0 Å². The average molecular weight is 473 g/mol. The first kappa shape index (κ1) is 20.4. The topological polar surface area (TPSA) is 20.7 Å². The molecule has 0 bridgehead atoms. The van der Waals surface area contributed by atoms with Gasteiger partial charge in [-0.3, -0.25) is 0 Å². The third kappa shape index (κ3) is 2.75. The highest BCUT2D eigenvalue weighted by atomic mass is 15.0. The van der Waals surface area contributed by atoms with Crippen LogP contribution < -0.4 is 0 Å². The molecule has 1 N–H and O–H groups in total. The number of allylic oxidation sites excluding steroid dienone is 1. The normalized spacial score (nSPS) is 12.4. The fraction of sp³-hybridized carbons (Fsp3) is 0.0286. The van der Waals surface area contributed by atoms with E-state index < -0.39 is 0 Å². The van der Waals surface area contributed by atoms with Gasteiger partial charge in [0.05, 0.1) is 16.6 Å². The number of benzene rings is 6. The lowest BCUT2D eigenvalue weighted by Crippen LogP contribution is -1.95. The first-order valence-electron chi connectivity index (χ1n) is 12.8. The maximum Gasteiger partial charge on any atom is 0.0627 e. The molecule has 174 valence electrons. The van der Waals surface area contributed by atoms with E-state index in [1.165, 1.54) is 76.4 Å². The lowest BCUT2D eigenvalue weighted by molar-refractivity contribution is 1.19. The van der Waals surface area contributed by atoms with E-state index in [0.717, 1.165) is 0 Å². The van der Waals surface area contributed by atoms with Crippen LogP contribution in [-0.4, -0.2) is 9.55 Å². The quantitative estimate of drug-likeness (QED) is 0.258. The first-order valence-corrected chi connectivity index (χ1v) is 12.8. The highest BCUT2D eigenvalue weighted by Crippen LogP contribution is 2.46. The Labute approximate surface area is 214 Å². The second-order valence-corrected chi connectivity index (χ2v) is 9.80. The molecule has 0 amide bonds. The Balaban J connectivity index is 1.73. The van der Waals surface area contributed by atoms with Crippen LogP contribution in [0.4, 0.5) is 0 Å². The minimum Gasteiger partial charge on any atom is -0.354 e. The molecule has 37 heavy (non-hydrogen) atoms. The van der Waals surface area contributed by atoms with Crippen molar-refractivity contribution in [3.05, 3.63) is 121 Å². The number of rotatable bonds is 2. The Morgan fingerprint density at radius 1 is 0.595 bits per heavy atom. The fourth-order valence-electron chi connectivity index (χ4n) is 6.27. The van der Waals surface area contributed by atoms with Gasteiger partial charge in [-0.2, -0.15) is 0 Å². The van der Waals surface area contributed by atoms with Crippen molar-refractivity contribution < 1.29 is 0 Å². The smallest absolute Gasteiger partial charge is 0.0627 e. The molecule has 0 aliphatic heterocycles. The van der Waals surface area contributed by atoms with E-state index in [4.69, 9.17) is 0 Å². The van der Waals surface area contributed by atoms with Crippen LogP contribution in [0.25, 0.3) is 76.9 Å². The fourth-order valence-corrected chi connectivity index (χ4v) is 6.27. The Bertz CT molecular complexity index is 2190. The van der Waals surface area contributed by atoms with Crippen LogP contribution in [0.3, 0.4) is 0 Å². The zero-order valence-corrected chi connectivity index (χ0v) is 20.5. The molecule has 0 saturated heterocycles. The number of hydrogen-bond acceptors (Lipinski definition) is 0. The summed E-state index contributed by atoms with van der Waals surface area (Å²) in [5.41, 5.74) is 7.29. The second kappa shape index (κ2) is 7.59. The molecule has 2 heterocycles. The van der Waals surface area contributed by atoms with E-state index in [9.17, 15) is 0 Å². The molecular formula is C35H24N2. The number of fused-ring (bicyclic) bond motifs is 12. The predicted molar refractivity (Wildman–Crippen MR) is 160 cm³/mol. The second-order valence-electron chi connectivity index (χ2n) is 9.80. The molecule has 8 aromatic rings. The van der Waals surface area contributed by atoms with E-state index in [1.807, 2.05) is 0 Å². The number of hydrogen-bond donors (Lipinski definition) is 1. The molecule has 0 aliphatic rings. The molecule has 0 unspecified atom stereocenters. The Morgan fingerprint density at radius 2 is 1.32 bits per heavy atom. The summed E-state index contributed by atoms with van der Waals surface area (Å²) < 4.78 is 2.49. The third-order valence-corrected chi connectivity index (χ3v) is 7.75. The zero-order valence-electron chi connectivity index (χ0n) is 20.5. The molecule has 0 aliphatic carbocycles. The van der Waals surface area contributed by atoms with Gasteiger partial charge in [-0.25, -0.2) is 0 Å². The van der Waals surface area contributed by atoms with Gasteiger partial charge in [-0.15, -0.1) is 0 Å². The number of nitrogens with one attached hydrogen (secondary N) is 1. The predicted octanol–water partition coefficient (Wildman–Crippen LogP) is 9.76. The maximum atomic E-state index is 3.82. The molecule has 8 rings (SSSR count). The molecule has 2 heteroatoms. The van der Waals surface area contributed by atoms with Gasteiger partial charge in [-0.05, 0) is 36.1 Å². The number of aromatic nitrogens is 2. The summed E-state index contributed by atoms with van der Waals surface area (Å²) in [6.07, 6.45) is 4.25. The first-order chi connectivity index (χ1) is 18.3. The molecule has 6 aromatic carbocycles. The van der Waals surface area contributed by atoms with Gasteiger partial charge in [0, 0.05) is 48.9 Å². The summed E-state index contributed by atoms with van der Waals surface area (Å²) >= 11 is 0. The monoisotopic (exact) mass is 472 g/mol. The van der Waals surface area contributed by atoms with Gasteiger partial charge < -0.3 is 9.55 Å². The summed E-state index contributed by atoms with van der Waals surface area (Å²) in [6, 6.07) is 39.7. The van der Waals surface area contributed by atoms with Gasteiger partial charge in [0.2, 0.25) is 0 Å². The lowest BCUT2D eigenvalue weighted by atomic mass is 9.98. The number of nitrogens with zero attached hydrogens (tertiary/aromatic N) is 1. The van der Waals surface area contributed by atoms with E-state index in [2.05, 4.69) is 138 Å². The molecule has 0 atom stereocenters. The van der Waals surface area contributed by atoms with Gasteiger partial charge in [0.25, 0.3) is 0 Å². The molecule has 0 fully saturated rings. The van der Waals surface area contributed by atoms with Crippen molar-refractivity contribution in [1.82, 2.24) is 9.55 Å². The van der Waals surface area contributed by atoms with Gasteiger partial charge in [0.15, 0.2) is 0 Å². The minimum absolute atomic E-state index is 1.17. The van der Waals surface area contributed by atoms with Gasteiger partial charge >= 0.3 is 0 Å². The molecule has 0 saturated carbocycles. The van der Waals surface area contributed by atoms with Crippen molar-refractivity contribution in [1.29, 1.82) is 0 Å². The van der Waals surface area contributed by atoms with Crippen molar-refractivity contribution >= 4 is 71.2 Å². The Morgan fingerprint density at radius 3 is 2.16 bits per heavy atom. The summed E-state index contributed by atoms with van der Waals surface area (Å²) in [5, 5.41) is 10.2. The summed E-state index contributed by atoms with van der Waals surface area (Å²) in [4.78, 5) is 3.82. The number of para-hydroxylation sites is 1. The molecule has 0 spiro atoms. The molecule has 2 aromatic heterocycles. The van der Waals surface area contributed by atoms with E-state index in [0.29, 0.717) is 0 Å². The van der Waals surface area contributed by atoms with Crippen molar-refractivity contribution in [2.75, 3.05) is 0 Å². The molecule has 0 radical (unpaired) electrons. The van der Waals surface area contributed by atoms with Crippen LogP contribution in [0, 0.1) is 0 Å². The van der Waals surface area contributed by atoms with Crippen LogP contribution in [0.1, 0.15) is 12.5 Å². The van der Waals surface area contributed by atoms with Crippen LogP contribution in [0.15, 0.2) is 115 Å². The number of aromatic amines is 1. The van der Waals surface area contributed by atoms with Crippen molar-refractivity contribution in [3.8, 4) is 5.69 Å². The van der Waals surface area contributed by atoms with Crippen molar-refractivity contribution in [2.45, 2.75) is 6.92 Å².